The molecule has 1 heterocycles. The Kier molecular flexibility index (Phi) is 3.22. The fourth-order valence-electron chi connectivity index (χ4n) is 1.31. The molecule has 0 spiro atoms. The summed E-state index contributed by atoms with van der Waals surface area (Å²) in [7, 11) is 0. The molecule has 0 aromatic carbocycles. The average molecular weight is 202 g/mol. The molecule has 0 aromatic rings. The highest BCUT2D eigenvalue weighted by Crippen LogP contribution is 2.19. The normalized spacial score (nSPS) is 21.8. The fraction of sp³-hybridized carbons (Fsp3) is 0.625. The van der Waals surface area contributed by atoms with E-state index in [4.69, 9.17) is 0 Å². The number of nitrogens with zero attached hydrogens (tertiary/aromatic N) is 1. The van der Waals surface area contributed by atoms with Crippen molar-refractivity contribution in [2.75, 3.05) is 6.54 Å². The molecule has 0 aromatic heterocycles. The second kappa shape index (κ2) is 4.02. The van der Waals surface area contributed by atoms with Crippen molar-refractivity contribution in [3.8, 4) is 0 Å². The maximum atomic E-state index is 11.3. The largest absolute Gasteiger partial charge is 0.755 e. The summed E-state index contributed by atoms with van der Waals surface area (Å²) in [4.78, 5) is 11.3. The van der Waals surface area contributed by atoms with Gasteiger partial charge in [0.25, 0.3) is 0 Å². The topological polar surface area (TPSA) is 60.4 Å². The third kappa shape index (κ3) is 2.16. The molecule has 0 saturated carbocycles. The summed E-state index contributed by atoms with van der Waals surface area (Å²) in [5, 5.41) is 0. The van der Waals surface area contributed by atoms with Gasteiger partial charge in [-0.2, -0.15) is 0 Å². The molecule has 1 aliphatic rings. The van der Waals surface area contributed by atoms with E-state index in [2.05, 4.69) is 0 Å². The molecular weight excluding hydrogens is 190 g/mol. The van der Waals surface area contributed by atoms with Crippen LogP contribution in [0.3, 0.4) is 0 Å². The lowest BCUT2D eigenvalue weighted by Gasteiger charge is -2.26. The van der Waals surface area contributed by atoms with E-state index >= 15 is 0 Å². The van der Waals surface area contributed by atoms with E-state index in [0.717, 1.165) is 0 Å². The van der Waals surface area contributed by atoms with Gasteiger partial charge in [0, 0.05) is 35.5 Å². The number of hydrogen-bond donors (Lipinski definition) is 0. The van der Waals surface area contributed by atoms with Crippen LogP contribution in [0.1, 0.15) is 26.7 Å². The minimum absolute atomic E-state index is 0.0467. The minimum Gasteiger partial charge on any atom is -0.755 e. The smallest absolute Gasteiger partial charge is 0.160 e. The third-order valence-electron chi connectivity index (χ3n) is 2.28. The van der Waals surface area contributed by atoms with Gasteiger partial charge >= 0.3 is 0 Å². The Morgan fingerprint density at radius 3 is 2.62 bits per heavy atom. The first-order valence-corrected chi connectivity index (χ1v) is 5.15. The van der Waals surface area contributed by atoms with Gasteiger partial charge in [0.05, 0.1) is 0 Å². The monoisotopic (exact) mass is 202 g/mol. The van der Waals surface area contributed by atoms with Crippen LogP contribution in [-0.4, -0.2) is 25.4 Å². The van der Waals surface area contributed by atoms with Gasteiger partial charge in [-0.3, -0.25) is 9.00 Å². The minimum atomic E-state index is -2.26. The van der Waals surface area contributed by atoms with Crippen LogP contribution in [-0.2, 0) is 16.1 Å². The molecule has 1 unspecified atom stereocenters. The van der Waals surface area contributed by atoms with Crippen LogP contribution in [0.15, 0.2) is 11.3 Å². The van der Waals surface area contributed by atoms with Crippen LogP contribution >= 0.6 is 0 Å². The Bertz CT molecular complexity index is 285. The van der Waals surface area contributed by atoms with Crippen molar-refractivity contribution in [1.82, 2.24) is 4.31 Å². The molecule has 4 nitrogen and oxygen atoms in total. The zero-order chi connectivity index (χ0) is 10.0. The maximum absolute atomic E-state index is 11.3. The van der Waals surface area contributed by atoms with Crippen molar-refractivity contribution in [2.45, 2.75) is 26.7 Å². The summed E-state index contributed by atoms with van der Waals surface area (Å²) >= 11 is -2.26. The molecule has 0 aliphatic carbocycles. The lowest BCUT2D eigenvalue weighted by Crippen LogP contribution is -2.24. The second-order valence-corrected chi connectivity index (χ2v) is 3.93. The van der Waals surface area contributed by atoms with Gasteiger partial charge in [0.15, 0.2) is 5.78 Å². The number of carbonyl (C=O) groups is 1. The number of Topliss-reactive ketones (excluding diaryl/α,β-unsaturated/α-hetero) is 1. The van der Waals surface area contributed by atoms with Crippen molar-refractivity contribution < 1.29 is 13.6 Å². The van der Waals surface area contributed by atoms with Crippen LogP contribution < -0.4 is 0 Å². The molecule has 0 amide bonds. The fourth-order valence-corrected chi connectivity index (χ4v) is 1.95. The molecule has 1 rings (SSSR count). The Morgan fingerprint density at radius 1 is 1.46 bits per heavy atom. The van der Waals surface area contributed by atoms with E-state index in [0.29, 0.717) is 30.7 Å². The van der Waals surface area contributed by atoms with E-state index < -0.39 is 11.3 Å². The molecule has 13 heavy (non-hydrogen) atoms. The van der Waals surface area contributed by atoms with Gasteiger partial charge in [-0.1, -0.05) is 0 Å². The number of rotatable bonds is 1. The summed E-state index contributed by atoms with van der Waals surface area (Å²) in [6, 6.07) is 0. The Labute approximate surface area is 80.0 Å². The van der Waals surface area contributed by atoms with Crippen LogP contribution in [0, 0.1) is 0 Å². The van der Waals surface area contributed by atoms with Crippen molar-refractivity contribution >= 4 is 17.0 Å². The van der Waals surface area contributed by atoms with Crippen LogP contribution in [0.2, 0.25) is 0 Å². The zero-order valence-corrected chi connectivity index (χ0v) is 8.52. The van der Waals surface area contributed by atoms with E-state index in [9.17, 15) is 13.6 Å². The van der Waals surface area contributed by atoms with Gasteiger partial charge in [-0.15, -0.1) is 0 Å². The number of allylic oxidation sites excluding steroid dienone is 2. The first-order chi connectivity index (χ1) is 6.04. The summed E-state index contributed by atoms with van der Waals surface area (Å²) < 4.78 is 22.7. The van der Waals surface area contributed by atoms with Crippen LogP contribution in [0.25, 0.3) is 0 Å². The van der Waals surface area contributed by atoms with Crippen molar-refractivity contribution in [2.24, 2.45) is 0 Å². The average Bonchev–Trinajstić information content (AvgIpc) is 2.18. The van der Waals surface area contributed by atoms with E-state index in [1.807, 2.05) is 0 Å². The summed E-state index contributed by atoms with van der Waals surface area (Å²) in [6.45, 7) is 3.74. The molecule has 0 bridgehead atoms. The summed E-state index contributed by atoms with van der Waals surface area (Å²) in [5.41, 5.74) is 1.11. The van der Waals surface area contributed by atoms with E-state index in [1.165, 1.54) is 4.31 Å². The first-order valence-electron chi connectivity index (χ1n) is 4.11. The predicted molar refractivity (Wildman–Crippen MR) is 48.2 cm³/mol. The molecular formula is C8H12NO3S-. The molecule has 1 atom stereocenters. The quantitative estimate of drug-likeness (QED) is 0.589. The molecule has 0 saturated heterocycles. The lowest BCUT2D eigenvalue weighted by atomic mass is 10.1. The SMILES string of the molecule is CC1=C(C)N(S(=O)[O-])CCCC1=O. The highest BCUT2D eigenvalue weighted by molar-refractivity contribution is 7.76. The van der Waals surface area contributed by atoms with Gasteiger partial charge in [-0.25, -0.2) is 0 Å². The highest BCUT2D eigenvalue weighted by Gasteiger charge is 2.18. The zero-order valence-electron chi connectivity index (χ0n) is 7.70. The van der Waals surface area contributed by atoms with Gasteiger partial charge in [0.1, 0.15) is 0 Å². The molecule has 0 fully saturated rings. The third-order valence-corrected chi connectivity index (χ3v) is 3.10. The molecule has 1 aliphatic heterocycles. The molecule has 74 valence electrons. The van der Waals surface area contributed by atoms with Crippen molar-refractivity contribution in [3.05, 3.63) is 11.3 Å². The molecule has 5 heteroatoms. The number of hydrogen-bond acceptors (Lipinski definition) is 3. The highest BCUT2D eigenvalue weighted by atomic mass is 32.2. The first kappa shape index (κ1) is 10.4. The Morgan fingerprint density at radius 2 is 2.08 bits per heavy atom. The summed E-state index contributed by atoms with van der Waals surface area (Å²) in [5.74, 6) is 0.0467. The van der Waals surface area contributed by atoms with Gasteiger partial charge < -0.3 is 8.86 Å². The van der Waals surface area contributed by atoms with E-state index in [1.54, 1.807) is 13.8 Å². The Balaban J connectivity index is 3.00. The second-order valence-electron chi connectivity index (χ2n) is 3.06. The maximum Gasteiger partial charge on any atom is 0.160 e. The number of carbonyl (C=O) groups excluding carboxylic acids is 1. The van der Waals surface area contributed by atoms with Crippen LogP contribution in [0.4, 0.5) is 0 Å². The van der Waals surface area contributed by atoms with E-state index in [-0.39, 0.29) is 5.78 Å². The van der Waals surface area contributed by atoms with Crippen LogP contribution in [0.5, 0.6) is 0 Å². The lowest BCUT2D eigenvalue weighted by molar-refractivity contribution is -0.115. The summed E-state index contributed by atoms with van der Waals surface area (Å²) in [6.07, 6.45) is 1.04. The molecule has 0 N–H and O–H groups in total. The van der Waals surface area contributed by atoms with Gasteiger partial charge in [0.2, 0.25) is 0 Å². The van der Waals surface area contributed by atoms with Crippen molar-refractivity contribution in [3.63, 3.8) is 0 Å². The van der Waals surface area contributed by atoms with Gasteiger partial charge in [-0.05, 0) is 20.3 Å². The standard InChI is InChI=1S/C8H13NO3S/c1-6-7(2)9(13(11)12)5-3-4-8(6)10/h3-5H2,1-2H3,(H,11,12)/p-1. The predicted octanol–water partition coefficient (Wildman–Crippen LogP) is 0.739. The Hall–Kier alpha value is -0.680. The number of ketones is 1. The van der Waals surface area contributed by atoms with Crippen molar-refractivity contribution in [1.29, 1.82) is 0 Å². The molecule has 0 radical (unpaired) electrons.